The maximum atomic E-state index is 12.7. The number of carbonyl (C=O) groups is 2. The van der Waals surface area contributed by atoms with Crippen LogP contribution in [0, 0.1) is 6.92 Å². The predicted octanol–water partition coefficient (Wildman–Crippen LogP) is 4.11. The quantitative estimate of drug-likeness (QED) is 0.648. The molecule has 6 heteroatoms. The van der Waals surface area contributed by atoms with E-state index in [2.05, 4.69) is 42.3 Å². The van der Waals surface area contributed by atoms with Gasteiger partial charge in [0.15, 0.2) is 6.10 Å². The minimum absolute atomic E-state index is 0.165. The third-order valence-corrected chi connectivity index (χ3v) is 5.65. The van der Waals surface area contributed by atoms with Crippen molar-refractivity contribution >= 4 is 28.6 Å². The van der Waals surface area contributed by atoms with E-state index >= 15 is 0 Å². The van der Waals surface area contributed by atoms with Gasteiger partial charge in [-0.05, 0) is 55.2 Å². The number of carbonyl (C=O) groups excluding carboxylic acids is 2. The predicted molar refractivity (Wildman–Crippen MR) is 118 cm³/mol. The maximum Gasteiger partial charge on any atom is 0.407 e. The Labute approximate surface area is 176 Å². The standard InChI is InChI=1S/C24H27N3O3/c1-3-17-5-7-19(8-6-17)27-13-11-22(23(27)28)30-24(29)25-12-10-18-15-26-21-9-4-16(2)14-20(18)21/h4-9,14-15,22,26H,3,10-13H2,1-2H3,(H,25,29). The van der Waals surface area contributed by atoms with Gasteiger partial charge in [-0.15, -0.1) is 0 Å². The monoisotopic (exact) mass is 405 g/mol. The average molecular weight is 405 g/mol. The second kappa shape index (κ2) is 8.61. The van der Waals surface area contributed by atoms with Crippen LogP contribution in [0.2, 0.25) is 0 Å². The maximum absolute atomic E-state index is 12.7. The molecule has 1 atom stereocenters. The molecule has 156 valence electrons. The number of hydrogen-bond acceptors (Lipinski definition) is 3. The summed E-state index contributed by atoms with van der Waals surface area (Å²) >= 11 is 0. The number of aryl methyl sites for hydroxylation is 2. The number of amides is 2. The van der Waals surface area contributed by atoms with Crippen LogP contribution in [0.1, 0.15) is 30.0 Å². The average Bonchev–Trinajstić information content (AvgIpc) is 3.31. The Bertz CT molecular complexity index is 1060. The molecule has 2 aromatic carbocycles. The molecule has 1 aliphatic heterocycles. The van der Waals surface area contributed by atoms with Gasteiger partial charge in [-0.3, -0.25) is 4.79 Å². The molecule has 30 heavy (non-hydrogen) atoms. The fraction of sp³-hybridized carbons (Fsp3) is 0.333. The number of nitrogens with zero attached hydrogens (tertiary/aromatic N) is 1. The first-order chi connectivity index (χ1) is 14.5. The number of fused-ring (bicyclic) bond motifs is 1. The highest BCUT2D eigenvalue weighted by molar-refractivity contribution is 5.99. The Morgan fingerprint density at radius 1 is 1.23 bits per heavy atom. The van der Waals surface area contributed by atoms with Crippen LogP contribution in [0.4, 0.5) is 10.5 Å². The molecule has 2 amide bonds. The molecule has 6 nitrogen and oxygen atoms in total. The normalized spacial score (nSPS) is 16.3. The Hall–Kier alpha value is -3.28. The first kappa shape index (κ1) is 20.0. The number of nitrogens with one attached hydrogen (secondary N) is 2. The molecule has 1 aliphatic rings. The highest BCUT2D eigenvalue weighted by atomic mass is 16.6. The molecular weight excluding hydrogens is 378 g/mol. The lowest BCUT2D eigenvalue weighted by atomic mass is 10.1. The summed E-state index contributed by atoms with van der Waals surface area (Å²) < 4.78 is 5.40. The van der Waals surface area contributed by atoms with E-state index in [0.29, 0.717) is 25.9 Å². The SMILES string of the molecule is CCc1ccc(N2CCC(OC(=O)NCCc3c[nH]c4ccc(C)cc34)C2=O)cc1. The van der Waals surface area contributed by atoms with Crippen molar-refractivity contribution in [3.63, 3.8) is 0 Å². The van der Waals surface area contributed by atoms with E-state index < -0.39 is 12.2 Å². The Kier molecular flexibility index (Phi) is 5.74. The molecule has 0 radical (unpaired) electrons. The van der Waals surface area contributed by atoms with E-state index in [9.17, 15) is 9.59 Å². The van der Waals surface area contributed by atoms with Crippen molar-refractivity contribution in [2.24, 2.45) is 0 Å². The summed E-state index contributed by atoms with van der Waals surface area (Å²) in [5.41, 5.74) is 5.50. The lowest BCUT2D eigenvalue weighted by molar-refractivity contribution is -0.124. The van der Waals surface area contributed by atoms with Gasteiger partial charge in [0.05, 0.1) is 0 Å². The summed E-state index contributed by atoms with van der Waals surface area (Å²) in [6.07, 6.45) is 2.84. The van der Waals surface area contributed by atoms with Crippen molar-refractivity contribution in [2.45, 2.75) is 39.2 Å². The van der Waals surface area contributed by atoms with Crippen LogP contribution in [-0.2, 0) is 22.4 Å². The molecule has 0 aliphatic carbocycles. The molecule has 1 aromatic heterocycles. The van der Waals surface area contributed by atoms with E-state index in [4.69, 9.17) is 4.74 Å². The number of ether oxygens (including phenoxy) is 1. The molecule has 0 spiro atoms. The molecular formula is C24H27N3O3. The van der Waals surface area contributed by atoms with Crippen LogP contribution < -0.4 is 10.2 Å². The van der Waals surface area contributed by atoms with E-state index in [0.717, 1.165) is 23.2 Å². The zero-order valence-corrected chi connectivity index (χ0v) is 17.4. The van der Waals surface area contributed by atoms with E-state index in [1.807, 2.05) is 30.5 Å². The molecule has 1 saturated heterocycles. The van der Waals surface area contributed by atoms with Gasteiger partial charge in [0.2, 0.25) is 0 Å². The molecule has 1 unspecified atom stereocenters. The summed E-state index contributed by atoms with van der Waals surface area (Å²) in [6, 6.07) is 14.2. The summed E-state index contributed by atoms with van der Waals surface area (Å²) in [5.74, 6) is -0.165. The topological polar surface area (TPSA) is 74.4 Å². The third kappa shape index (κ3) is 4.17. The minimum atomic E-state index is -0.730. The van der Waals surface area contributed by atoms with Gasteiger partial charge in [0.25, 0.3) is 5.91 Å². The van der Waals surface area contributed by atoms with Gasteiger partial charge in [-0.25, -0.2) is 4.79 Å². The second-order valence-corrected chi connectivity index (χ2v) is 7.73. The molecule has 3 aromatic rings. The third-order valence-electron chi connectivity index (χ3n) is 5.65. The van der Waals surface area contributed by atoms with Gasteiger partial charge in [0.1, 0.15) is 0 Å². The summed E-state index contributed by atoms with van der Waals surface area (Å²) in [4.78, 5) is 29.8. The highest BCUT2D eigenvalue weighted by Gasteiger charge is 2.35. The van der Waals surface area contributed by atoms with E-state index in [1.54, 1.807) is 4.90 Å². The molecule has 2 N–H and O–H groups in total. The number of aromatic nitrogens is 1. The fourth-order valence-electron chi connectivity index (χ4n) is 3.90. The van der Waals surface area contributed by atoms with Crippen LogP contribution in [0.5, 0.6) is 0 Å². The largest absolute Gasteiger partial charge is 0.436 e. The van der Waals surface area contributed by atoms with Gasteiger partial charge in [0, 0.05) is 42.3 Å². The molecule has 4 rings (SSSR count). The van der Waals surface area contributed by atoms with Crippen LogP contribution in [0.3, 0.4) is 0 Å². The summed E-state index contributed by atoms with van der Waals surface area (Å²) in [5, 5.41) is 3.94. The van der Waals surface area contributed by atoms with Crippen molar-refractivity contribution in [3.8, 4) is 0 Å². The van der Waals surface area contributed by atoms with Crippen molar-refractivity contribution in [1.82, 2.24) is 10.3 Å². The fourth-order valence-corrected chi connectivity index (χ4v) is 3.90. The van der Waals surface area contributed by atoms with Gasteiger partial charge < -0.3 is 19.9 Å². The Morgan fingerprint density at radius 2 is 2.03 bits per heavy atom. The number of alkyl carbamates (subject to hydrolysis) is 1. The van der Waals surface area contributed by atoms with Gasteiger partial charge in [-0.2, -0.15) is 0 Å². The number of aromatic amines is 1. The second-order valence-electron chi connectivity index (χ2n) is 7.73. The van der Waals surface area contributed by atoms with E-state index in [-0.39, 0.29) is 5.91 Å². The number of hydrogen-bond donors (Lipinski definition) is 2. The minimum Gasteiger partial charge on any atom is -0.436 e. The summed E-state index contributed by atoms with van der Waals surface area (Å²) in [7, 11) is 0. The number of benzene rings is 2. The zero-order chi connectivity index (χ0) is 21.1. The lowest BCUT2D eigenvalue weighted by Crippen LogP contribution is -2.35. The zero-order valence-electron chi connectivity index (χ0n) is 17.4. The van der Waals surface area contributed by atoms with Crippen molar-refractivity contribution < 1.29 is 14.3 Å². The summed E-state index contributed by atoms with van der Waals surface area (Å²) in [6.45, 7) is 5.16. The number of anilines is 1. The van der Waals surface area contributed by atoms with Crippen LogP contribution >= 0.6 is 0 Å². The van der Waals surface area contributed by atoms with Crippen LogP contribution in [-0.4, -0.2) is 36.2 Å². The first-order valence-corrected chi connectivity index (χ1v) is 10.5. The number of rotatable bonds is 6. The number of H-pyrrole nitrogens is 1. The molecule has 1 fully saturated rings. The smallest absolute Gasteiger partial charge is 0.407 e. The van der Waals surface area contributed by atoms with Crippen molar-refractivity contribution in [3.05, 3.63) is 65.4 Å². The van der Waals surface area contributed by atoms with Gasteiger partial charge in [-0.1, -0.05) is 30.7 Å². The molecule has 0 saturated carbocycles. The molecule has 2 heterocycles. The van der Waals surface area contributed by atoms with Crippen molar-refractivity contribution in [2.75, 3.05) is 18.0 Å². The van der Waals surface area contributed by atoms with Crippen LogP contribution in [0.25, 0.3) is 10.9 Å². The Balaban J connectivity index is 1.28. The van der Waals surface area contributed by atoms with Crippen LogP contribution in [0.15, 0.2) is 48.7 Å². The van der Waals surface area contributed by atoms with E-state index in [1.165, 1.54) is 16.5 Å². The molecule has 0 bridgehead atoms. The first-order valence-electron chi connectivity index (χ1n) is 10.5. The highest BCUT2D eigenvalue weighted by Crippen LogP contribution is 2.24. The Morgan fingerprint density at radius 3 is 2.80 bits per heavy atom. The van der Waals surface area contributed by atoms with Gasteiger partial charge >= 0.3 is 6.09 Å². The lowest BCUT2D eigenvalue weighted by Gasteiger charge is -2.17. The van der Waals surface area contributed by atoms with Crippen molar-refractivity contribution in [1.29, 1.82) is 0 Å².